The third kappa shape index (κ3) is 18.1. The minimum absolute atomic E-state index is 0. The van der Waals surface area contributed by atoms with E-state index in [0.717, 1.165) is 57.4 Å². The molecule has 1 unspecified atom stereocenters. The number of carbonyl (C=O) groups is 1. The van der Waals surface area contributed by atoms with Crippen LogP contribution >= 0.6 is 19.6 Å². The molecule has 0 aliphatic rings. The summed E-state index contributed by atoms with van der Waals surface area (Å²) < 4.78 is 26.0. The maximum atomic E-state index is 12.1. The van der Waals surface area contributed by atoms with Crippen LogP contribution in [0.1, 0.15) is 71.6 Å². The number of phosphoric acid groups is 1. The molecule has 0 heterocycles. The van der Waals surface area contributed by atoms with Crippen LogP contribution in [0.15, 0.2) is 0 Å². The average molecular weight is 404 g/mol. The molecule has 0 fully saturated rings. The Bertz CT molecular complexity index is 386. The minimum atomic E-state index is -4.28. The van der Waals surface area contributed by atoms with Gasteiger partial charge in [0.2, 0.25) is 0 Å². The molecule has 6 nitrogen and oxygen atoms in total. The third-order valence-electron chi connectivity index (χ3n) is 3.62. The van der Waals surface area contributed by atoms with Crippen molar-refractivity contribution < 1.29 is 46.9 Å². The molecule has 26 heavy (non-hydrogen) atoms. The van der Waals surface area contributed by atoms with Gasteiger partial charge in [0.25, 0.3) is 7.82 Å². The van der Waals surface area contributed by atoms with Gasteiger partial charge in [0, 0.05) is 20.1 Å². The van der Waals surface area contributed by atoms with Gasteiger partial charge in [0.15, 0.2) is 5.12 Å². The first kappa shape index (κ1) is 28.9. The average Bonchev–Trinajstić information content (AvgIpc) is 2.59. The number of phosphoric ester groups is 1. The number of rotatable bonds is 17. The van der Waals surface area contributed by atoms with Crippen LogP contribution in [-0.4, -0.2) is 37.3 Å². The van der Waals surface area contributed by atoms with E-state index >= 15 is 0 Å². The molecule has 0 aromatic rings. The monoisotopic (exact) mass is 404 g/mol. The summed E-state index contributed by atoms with van der Waals surface area (Å²) >= 11 is 1.12. The fourth-order valence-electron chi connectivity index (χ4n) is 2.13. The van der Waals surface area contributed by atoms with Crippen LogP contribution in [0.2, 0.25) is 0 Å². The molecule has 0 aromatic carbocycles. The molecule has 0 N–H and O–H groups in total. The van der Waals surface area contributed by atoms with Crippen LogP contribution in [0.5, 0.6) is 0 Å². The first-order valence-corrected chi connectivity index (χ1v) is 11.6. The van der Waals surface area contributed by atoms with E-state index in [4.69, 9.17) is 9.26 Å². The molecule has 0 amide bonds. The van der Waals surface area contributed by atoms with Gasteiger partial charge < -0.3 is 18.7 Å². The Hall–Kier alpha value is 0.687. The Balaban J connectivity index is 0. The first-order valence-electron chi connectivity index (χ1n) is 9.23. The van der Waals surface area contributed by atoms with Crippen LogP contribution in [0.3, 0.4) is 0 Å². The van der Waals surface area contributed by atoms with Crippen molar-refractivity contribution in [2.75, 3.05) is 26.9 Å². The zero-order valence-electron chi connectivity index (χ0n) is 16.9. The standard InChI is InChI=1S/C17H35O6PS.Li/c1-4-6-8-9-10-12-17(18)25-16(14-22-13-11-7-5-2)15-23-24(19,20)21-3;/h16H,4-15H2,1-3H3,(H,19,20);/q;+1/p-1/t16-;/m1./s1. The summed E-state index contributed by atoms with van der Waals surface area (Å²) in [5, 5.41) is -0.289. The summed E-state index contributed by atoms with van der Waals surface area (Å²) in [6, 6.07) is 0. The number of hydrogen-bond donors (Lipinski definition) is 0. The van der Waals surface area contributed by atoms with Gasteiger partial charge in [-0.25, -0.2) is 0 Å². The summed E-state index contributed by atoms with van der Waals surface area (Å²) in [5.74, 6) is 0. The van der Waals surface area contributed by atoms with Crippen molar-refractivity contribution in [1.82, 2.24) is 0 Å². The van der Waals surface area contributed by atoms with Crippen molar-refractivity contribution in [3.63, 3.8) is 0 Å². The second kappa shape index (κ2) is 19.0. The molecule has 0 aliphatic carbocycles. The smallest absolute Gasteiger partial charge is 0.756 e. The van der Waals surface area contributed by atoms with E-state index in [2.05, 4.69) is 18.4 Å². The number of unbranched alkanes of at least 4 members (excludes halogenated alkanes) is 6. The van der Waals surface area contributed by atoms with Crippen LogP contribution < -0.4 is 23.8 Å². The molecule has 0 spiro atoms. The van der Waals surface area contributed by atoms with E-state index in [-0.39, 0.29) is 35.8 Å². The van der Waals surface area contributed by atoms with E-state index < -0.39 is 7.82 Å². The fourth-order valence-corrected chi connectivity index (χ4v) is 3.63. The van der Waals surface area contributed by atoms with Gasteiger partial charge >= 0.3 is 18.9 Å². The molecule has 2 atom stereocenters. The summed E-state index contributed by atoms with van der Waals surface area (Å²) in [4.78, 5) is 23.4. The largest absolute Gasteiger partial charge is 1.00 e. The maximum Gasteiger partial charge on any atom is 1.00 e. The van der Waals surface area contributed by atoms with E-state index in [1.165, 1.54) is 12.8 Å². The zero-order valence-corrected chi connectivity index (χ0v) is 18.6. The molecule has 0 aliphatic heterocycles. The van der Waals surface area contributed by atoms with Crippen molar-refractivity contribution in [2.45, 2.75) is 76.9 Å². The van der Waals surface area contributed by atoms with Crippen LogP contribution in [0, 0.1) is 0 Å². The van der Waals surface area contributed by atoms with Crippen LogP contribution in [0.25, 0.3) is 0 Å². The second-order valence-electron chi connectivity index (χ2n) is 5.98. The second-order valence-corrected chi connectivity index (χ2v) is 8.86. The number of hydrogen-bond acceptors (Lipinski definition) is 7. The minimum Gasteiger partial charge on any atom is -0.756 e. The molecule has 150 valence electrons. The Morgan fingerprint density at radius 3 is 2.27 bits per heavy atom. The van der Waals surface area contributed by atoms with Crippen molar-refractivity contribution in [3.05, 3.63) is 0 Å². The Morgan fingerprint density at radius 1 is 1.04 bits per heavy atom. The van der Waals surface area contributed by atoms with Crippen LogP contribution in [-0.2, 0) is 23.1 Å². The van der Waals surface area contributed by atoms with Crippen molar-refractivity contribution >= 4 is 24.7 Å². The number of carbonyl (C=O) groups excluding carboxylic acids is 1. The molecule has 0 radical (unpaired) electrons. The predicted octanol–water partition coefficient (Wildman–Crippen LogP) is 1.32. The van der Waals surface area contributed by atoms with Gasteiger partial charge in [0.1, 0.15) is 0 Å². The SMILES string of the molecule is CCCCCCCC(=O)S[C@H](COCCCCC)COP(=O)([O-])OC.[Li+]. The van der Waals surface area contributed by atoms with E-state index in [1.807, 2.05) is 0 Å². The molecule has 0 saturated heterocycles. The molecule has 0 rings (SSSR count). The van der Waals surface area contributed by atoms with Gasteiger partial charge in [-0.2, -0.15) is 0 Å². The van der Waals surface area contributed by atoms with E-state index in [1.54, 1.807) is 0 Å². The van der Waals surface area contributed by atoms with Gasteiger partial charge in [-0.3, -0.25) is 9.36 Å². The summed E-state index contributed by atoms with van der Waals surface area (Å²) in [6.07, 6.45) is 9.08. The Kier molecular flexibility index (Phi) is 21.1. The number of ether oxygens (including phenoxy) is 1. The van der Waals surface area contributed by atoms with Crippen molar-refractivity contribution in [1.29, 1.82) is 0 Å². The summed E-state index contributed by atoms with van der Waals surface area (Å²) in [5.41, 5.74) is 0. The molecular weight excluding hydrogens is 370 g/mol. The predicted molar refractivity (Wildman–Crippen MR) is 101 cm³/mol. The van der Waals surface area contributed by atoms with Gasteiger partial charge in [-0.1, -0.05) is 64.1 Å². The summed E-state index contributed by atoms with van der Waals surface area (Å²) in [7, 11) is -3.23. The molecule has 9 heteroatoms. The van der Waals surface area contributed by atoms with Crippen molar-refractivity contribution in [2.24, 2.45) is 0 Å². The topological polar surface area (TPSA) is 84.9 Å². The van der Waals surface area contributed by atoms with Gasteiger partial charge in [-0.05, 0) is 12.8 Å². The molecule has 0 bridgehead atoms. The number of thioether (sulfide) groups is 1. The van der Waals surface area contributed by atoms with E-state index in [9.17, 15) is 14.3 Å². The van der Waals surface area contributed by atoms with Crippen molar-refractivity contribution in [3.8, 4) is 0 Å². The third-order valence-corrected chi connectivity index (χ3v) is 5.61. The zero-order chi connectivity index (χ0) is 19.0. The Morgan fingerprint density at radius 2 is 1.65 bits per heavy atom. The van der Waals surface area contributed by atoms with E-state index in [0.29, 0.717) is 19.6 Å². The molecule has 0 saturated carbocycles. The summed E-state index contributed by atoms with van der Waals surface area (Å²) in [6.45, 7) is 5.05. The first-order chi connectivity index (χ1) is 11.9. The Labute approximate surface area is 175 Å². The maximum absolute atomic E-state index is 12.1. The fraction of sp³-hybridized carbons (Fsp3) is 0.941. The quantitative estimate of drug-likeness (QED) is 0.205. The van der Waals surface area contributed by atoms with Gasteiger partial charge in [-0.15, -0.1) is 0 Å². The molecule has 0 aromatic heterocycles. The molecular formula is C17H34LiO6PS. The van der Waals surface area contributed by atoms with Gasteiger partial charge in [0.05, 0.1) is 18.5 Å². The normalized spacial score (nSPS) is 14.5. The van der Waals surface area contributed by atoms with Crippen LogP contribution in [0.4, 0.5) is 0 Å².